The predicted octanol–water partition coefficient (Wildman–Crippen LogP) is 3.16. The Morgan fingerprint density at radius 1 is 1.37 bits per heavy atom. The van der Waals surface area contributed by atoms with Crippen molar-refractivity contribution < 1.29 is 9.15 Å². The van der Waals surface area contributed by atoms with Crippen molar-refractivity contribution in [1.29, 1.82) is 0 Å². The Balaban J connectivity index is 2.20. The smallest absolute Gasteiger partial charge is 0.208 e. The summed E-state index contributed by atoms with van der Waals surface area (Å²) in [6, 6.07) is 6.01. The lowest BCUT2D eigenvalue weighted by Gasteiger charge is -2.06. The van der Waals surface area contributed by atoms with E-state index in [1.165, 1.54) is 0 Å². The molecule has 4 nitrogen and oxygen atoms in total. The van der Waals surface area contributed by atoms with Crippen LogP contribution in [0.3, 0.4) is 0 Å². The van der Waals surface area contributed by atoms with E-state index < -0.39 is 0 Å². The van der Waals surface area contributed by atoms with E-state index in [-0.39, 0.29) is 0 Å². The highest BCUT2D eigenvalue weighted by atomic mass is 16.5. The van der Waals surface area contributed by atoms with Gasteiger partial charge in [-0.05, 0) is 32.0 Å². The quantitative estimate of drug-likeness (QED) is 0.810. The zero-order valence-corrected chi connectivity index (χ0v) is 11.7. The highest BCUT2D eigenvalue weighted by Gasteiger charge is 2.11. The molecule has 2 aromatic rings. The summed E-state index contributed by atoms with van der Waals surface area (Å²) in [4.78, 5) is 4.28. The fraction of sp³-hybridized carbons (Fsp3) is 0.400. The summed E-state index contributed by atoms with van der Waals surface area (Å²) >= 11 is 0. The number of aryl methyl sites for hydroxylation is 1. The van der Waals surface area contributed by atoms with Gasteiger partial charge in [0.2, 0.25) is 5.89 Å². The van der Waals surface area contributed by atoms with E-state index in [9.17, 15) is 0 Å². The van der Waals surface area contributed by atoms with Crippen LogP contribution in [-0.4, -0.2) is 18.6 Å². The molecule has 0 atom stereocenters. The molecule has 0 aliphatic heterocycles. The first kappa shape index (κ1) is 13.6. The Labute approximate surface area is 113 Å². The maximum atomic E-state index is 5.76. The van der Waals surface area contributed by atoms with Gasteiger partial charge in [0.25, 0.3) is 0 Å². The zero-order valence-electron chi connectivity index (χ0n) is 11.7. The van der Waals surface area contributed by atoms with Crippen molar-refractivity contribution in [2.75, 3.05) is 13.7 Å². The van der Waals surface area contributed by atoms with Gasteiger partial charge >= 0.3 is 0 Å². The number of oxazole rings is 1. The molecular weight excluding hydrogens is 240 g/mol. The minimum absolute atomic E-state index is 0.655. The SMILES string of the molecule is CCCNCc1ncc(-c2cc(C)ccc2OC)o1. The molecule has 0 bridgehead atoms. The van der Waals surface area contributed by atoms with E-state index in [0.29, 0.717) is 12.4 Å². The Morgan fingerprint density at radius 3 is 2.95 bits per heavy atom. The van der Waals surface area contributed by atoms with Crippen molar-refractivity contribution in [1.82, 2.24) is 10.3 Å². The first-order valence-electron chi connectivity index (χ1n) is 6.55. The predicted molar refractivity (Wildman–Crippen MR) is 75.2 cm³/mol. The molecule has 0 saturated heterocycles. The fourth-order valence-corrected chi connectivity index (χ4v) is 1.90. The largest absolute Gasteiger partial charge is 0.496 e. The standard InChI is InChI=1S/C15H20N2O2/c1-4-7-16-10-15-17-9-14(19-15)12-8-11(2)5-6-13(12)18-3/h5-6,8-9,16H,4,7,10H2,1-3H3. The van der Waals surface area contributed by atoms with Crippen molar-refractivity contribution in [3.63, 3.8) is 0 Å². The molecule has 0 fully saturated rings. The van der Waals surface area contributed by atoms with Gasteiger partial charge < -0.3 is 14.5 Å². The van der Waals surface area contributed by atoms with Gasteiger partial charge in [-0.25, -0.2) is 4.98 Å². The summed E-state index contributed by atoms with van der Waals surface area (Å²) < 4.78 is 11.1. The molecule has 0 unspecified atom stereocenters. The van der Waals surface area contributed by atoms with Crippen LogP contribution in [-0.2, 0) is 6.54 Å². The van der Waals surface area contributed by atoms with Crippen LogP contribution in [0, 0.1) is 6.92 Å². The van der Waals surface area contributed by atoms with Crippen LogP contribution in [0.1, 0.15) is 24.8 Å². The Bertz CT molecular complexity index is 535. The lowest BCUT2D eigenvalue weighted by atomic mass is 10.1. The van der Waals surface area contributed by atoms with Crippen molar-refractivity contribution in [3.05, 3.63) is 35.9 Å². The summed E-state index contributed by atoms with van der Waals surface area (Å²) in [5, 5.41) is 3.27. The van der Waals surface area contributed by atoms with Gasteiger partial charge in [-0.1, -0.05) is 18.6 Å². The van der Waals surface area contributed by atoms with E-state index in [2.05, 4.69) is 17.2 Å². The van der Waals surface area contributed by atoms with Crippen LogP contribution in [0.2, 0.25) is 0 Å². The Kier molecular flexibility index (Phi) is 4.58. The maximum absolute atomic E-state index is 5.76. The number of ether oxygens (including phenoxy) is 1. The number of nitrogens with one attached hydrogen (secondary N) is 1. The molecule has 102 valence electrons. The summed E-state index contributed by atoms with van der Waals surface area (Å²) in [5.41, 5.74) is 2.11. The topological polar surface area (TPSA) is 47.3 Å². The van der Waals surface area contributed by atoms with Gasteiger partial charge in [-0.15, -0.1) is 0 Å². The highest BCUT2D eigenvalue weighted by molar-refractivity contribution is 5.66. The summed E-state index contributed by atoms with van der Waals surface area (Å²) in [6.45, 7) is 5.79. The monoisotopic (exact) mass is 260 g/mol. The van der Waals surface area contributed by atoms with E-state index in [1.54, 1.807) is 13.3 Å². The van der Waals surface area contributed by atoms with Gasteiger partial charge in [-0.2, -0.15) is 0 Å². The molecule has 4 heteroatoms. The second-order valence-corrected chi connectivity index (χ2v) is 4.50. The van der Waals surface area contributed by atoms with Crippen LogP contribution in [0.15, 0.2) is 28.8 Å². The molecule has 1 N–H and O–H groups in total. The van der Waals surface area contributed by atoms with Gasteiger partial charge in [0.05, 0.1) is 25.4 Å². The fourth-order valence-electron chi connectivity index (χ4n) is 1.90. The first-order chi connectivity index (χ1) is 9.24. The third kappa shape index (κ3) is 3.35. The van der Waals surface area contributed by atoms with Crippen LogP contribution in [0.25, 0.3) is 11.3 Å². The second kappa shape index (κ2) is 6.38. The van der Waals surface area contributed by atoms with Crippen LogP contribution in [0.4, 0.5) is 0 Å². The first-order valence-corrected chi connectivity index (χ1v) is 6.55. The van der Waals surface area contributed by atoms with Gasteiger partial charge in [0.1, 0.15) is 5.75 Å². The second-order valence-electron chi connectivity index (χ2n) is 4.50. The molecule has 0 spiro atoms. The summed E-state index contributed by atoms with van der Waals surface area (Å²) in [5.74, 6) is 2.25. The zero-order chi connectivity index (χ0) is 13.7. The molecule has 2 rings (SSSR count). The lowest BCUT2D eigenvalue weighted by molar-refractivity contribution is 0.413. The van der Waals surface area contributed by atoms with E-state index in [0.717, 1.165) is 35.6 Å². The number of aromatic nitrogens is 1. The van der Waals surface area contributed by atoms with E-state index in [4.69, 9.17) is 9.15 Å². The Hall–Kier alpha value is -1.81. The van der Waals surface area contributed by atoms with Crippen molar-refractivity contribution >= 4 is 0 Å². The van der Waals surface area contributed by atoms with Crippen molar-refractivity contribution in [2.45, 2.75) is 26.8 Å². The van der Waals surface area contributed by atoms with Gasteiger partial charge in [0.15, 0.2) is 5.76 Å². The average molecular weight is 260 g/mol. The van der Waals surface area contributed by atoms with Crippen LogP contribution < -0.4 is 10.1 Å². The molecule has 19 heavy (non-hydrogen) atoms. The lowest BCUT2D eigenvalue weighted by Crippen LogP contribution is -2.13. The molecule has 0 aliphatic rings. The molecule has 1 aromatic carbocycles. The minimum atomic E-state index is 0.655. The molecular formula is C15H20N2O2. The van der Waals surface area contributed by atoms with Crippen LogP contribution >= 0.6 is 0 Å². The number of rotatable bonds is 6. The molecule has 0 aliphatic carbocycles. The normalized spacial score (nSPS) is 10.7. The number of methoxy groups -OCH3 is 1. The molecule has 0 radical (unpaired) electrons. The number of hydrogen-bond donors (Lipinski definition) is 1. The third-order valence-corrected chi connectivity index (χ3v) is 2.88. The molecule has 1 aromatic heterocycles. The third-order valence-electron chi connectivity index (χ3n) is 2.88. The van der Waals surface area contributed by atoms with E-state index in [1.807, 2.05) is 25.1 Å². The maximum Gasteiger partial charge on any atom is 0.208 e. The Morgan fingerprint density at radius 2 is 2.21 bits per heavy atom. The van der Waals surface area contributed by atoms with Crippen LogP contribution in [0.5, 0.6) is 5.75 Å². The minimum Gasteiger partial charge on any atom is -0.496 e. The van der Waals surface area contributed by atoms with Crippen molar-refractivity contribution in [3.8, 4) is 17.1 Å². The summed E-state index contributed by atoms with van der Waals surface area (Å²) in [7, 11) is 1.66. The van der Waals surface area contributed by atoms with E-state index >= 15 is 0 Å². The molecule has 1 heterocycles. The highest BCUT2D eigenvalue weighted by Crippen LogP contribution is 2.31. The van der Waals surface area contributed by atoms with Crippen molar-refractivity contribution in [2.24, 2.45) is 0 Å². The number of benzene rings is 1. The van der Waals surface area contributed by atoms with Gasteiger partial charge in [0, 0.05) is 0 Å². The molecule has 0 saturated carbocycles. The summed E-state index contributed by atoms with van der Waals surface area (Å²) in [6.07, 6.45) is 2.85. The number of hydrogen-bond acceptors (Lipinski definition) is 4. The number of nitrogens with zero attached hydrogens (tertiary/aromatic N) is 1. The molecule has 0 amide bonds. The van der Waals surface area contributed by atoms with Gasteiger partial charge in [-0.3, -0.25) is 0 Å². The average Bonchev–Trinajstić information content (AvgIpc) is 2.88.